The van der Waals surface area contributed by atoms with Gasteiger partial charge in [-0.25, -0.2) is 4.68 Å². The normalized spacial score (nSPS) is 12.1. The predicted octanol–water partition coefficient (Wildman–Crippen LogP) is 0.424. The monoisotopic (exact) mass is 419 g/mol. The van der Waals surface area contributed by atoms with Gasteiger partial charge < -0.3 is 20.5 Å². The van der Waals surface area contributed by atoms with E-state index in [2.05, 4.69) is 15.6 Å². The van der Waals surface area contributed by atoms with E-state index in [1.54, 1.807) is 15.5 Å². The van der Waals surface area contributed by atoms with Crippen LogP contribution in [0.3, 0.4) is 0 Å². The maximum Gasteiger partial charge on any atom is 0.220 e. The van der Waals surface area contributed by atoms with Gasteiger partial charge in [0.2, 0.25) is 5.91 Å². The van der Waals surface area contributed by atoms with Crippen LogP contribution in [-0.4, -0.2) is 77.2 Å². The number of nitrogens with one attached hydrogen (secondary N) is 1. The van der Waals surface area contributed by atoms with E-state index < -0.39 is 6.04 Å². The molecule has 0 fully saturated rings. The summed E-state index contributed by atoms with van der Waals surface area (Å²) in [5, 5.41) is 10.6. The van der Waals surface area contributed by atoms with Gasteiger partial charge in [-0.15, -0.1) is 5.10 Å². The number of nitrogens with two attached hydrogens (primary N) is 1. The Kier molecular flexibility index (Phi) is 13.2. The standard InChI is InChI=1S/C16H29N5O4S2/c1-13-11-21(20-19-13)5-7-25-9-8-24-6-4-18-16(23)3-10-26-27-12-15(17)14(2)22/h11,15H,3-10,12,17H2,1-2H3,(H,18,23)/t15-/m0/s1. The number of rotatable bonds is 16. The third-order valence-corrected chi connectivity index (χ3v) is 5.76. The number of ether oxygens (including phenoxy) is 2. The number of nitrogens with zero attached hydrogens (tertiary/aromatic N) is 3. The van der Waals surface area contributed by atoms with Gasteiger partial charge >= 0.3 is 0 Å². The number of amides is 1. The molecule has 11 heteroatoms. The number of carbonyl (C=O) groups is 2. The highest BCUT2D eigenvalue weighted by Gasteiger charge is 2.08. The lowest BCUT2D eigenvalue weighted by molar-refractivity contribution is -0.121. The maximum absolute atomic E-state index is 11.7. The molecule has 0 unspecified atom stereocenters. The van der Waals surface area contributed by atoms with Gasteiger partial charge in [0.25, 0.3) is 0 Å². The predicted molar refractivity (Wildman–Crippen MR) is 108 cm³/mol. The van der Waals surface area contributed by atoms with Crippen LogP contribution in [-0.2, 0) is 25.6 Å². The molecule has 154 valence electrons. The fourth-order valence-corrected chi connectivity index (χ4v) is 3.96. The molecular formula is C16H29N5O4S2. The van der Waals surface area contributed by atoms with Gasteiger partial charge in [0, 0.05) is 30.7 Å². The van der Waals surface area contributed by atoms with Gasteiger partial charge in [-0.1, -0.05) is 26.8 Å². The summed E-state index contributed by atoms with van der Waals surface area (Å²) in [4.78, 5) is 22.6. The van der Waals surface area contributed by atoms with Crippen molar-refractivity contribution in [2.24, 2.45) is 5.73 Å². The van der Waals surface area contributed by atoms with E-state index in [1.165, 1.54) is 17.7 Å². The Morgan fingerprint density at radius 3 is 2.67 bits per heavy atom. The molecule has 1 heterocycles. The summed E-state index contributed by atoms with van der Waals surface area (Å²) in [6.07, 6.45) is 2.29. The smallest absolute Gasteiger partial charge is 0.220 e. The van der Waals surface area contributed by atoms with Crippen LogP contribution in [0, 0.1) is 6.92 Å². The van der Waals surface area contributed by atoms with E-state index in [1.807, 2.05) is 13.1 Å². The summed E-state index contributed by atoms with van der Waals surface area (Å²) < 4.78 is 12.6. The number of Topliss-reactive ketones (excluding diaryl/α,β-unsaturated/α-hetero) is 1. The van der Waals surface area contributed by atoms with E-state index in [0.29, 0.717) is 57.4 Å². The highest BCUT2D eigenvalue weighted by molar-refractivity contribution is 8.76. The van der Waals surface area contributed by atoms with Crippen LogP contribution in [0.2, 0.25) is 0 Å². The highest BCUT2D eigenvalue weighted by Crippen LogP contribution is 2.22. The van der Waals surface area contributed by atoms with Crippen molar-refractivity contribution in [3.8, 4) is 0 Å². The average molecular weight is 420 g/mol. The molecule has 27 heavy (non-hydrogen) atoms. The lowest BCUT2D eigenvalue weighted by Gasteiger charge is -2.08. The molecule has 0 spiro atoms. The lowest BCUT2D eigenvalue weighted by Crippen LogP contribution is -2.30. The number of hydrogen-bond acceptors (Lipinski definition) is 9. The van der Waals surface area contributed by atoms with Gasteiger partial charge in [0.15, 0.2) is 0 Å². The molecule has 9 nitrogen and oxygen atoms in total. The zero-order valence-corrected chi connectivity index (χ0v) is 17.5. The van der Waals surface area contributed by atoms with E-state index in [-0.39, 0.29) is 11.7 Å². The van der Waals surface area contributed by atoms with Crippen molar-refractivity contribution in [1.29, 1.82) is 0 Å². The molecule has 0 radical (unpaired) electrons. The topological polar surface area (TPSA) is 121 Å². The minimum Gasteiger partial charge on any atom is -0.377 e. The van der Waals surface area contributed by atoms with Crippen LogP contribution in [0.15, 0.2) is 6.20 Å². The van der Waals surface area contributed by atoms with Crippen molar-refractivity contribution in [3.63, 3.8) is 0 Å². The molecule has 0 aliphatic heterocycles. The van der Waals surface area contributed by atoms with Crippen LogP contribution in [0.1, 0.15) is 19.0 Å². The van der Waals surface area contributed by atoms with Crippen molar-refractivity contribution in [1.82, 2.24) is 20.3 Å². The average Bonchev–Trinajstić information content (AvgIpc) is 3.04. The van der Waals surface area contributed by atoms with Gasteiger partial charge in [-0.05, 0) is 13.8 Å². The minimum atomic E-state index is -0.427. The second-order valence-electron chi connectivity index (χ2n) is 5.77. The van der Waals surface area contributed by atoms with Crippen molar-refractivity contribution >= 4 is 33.3 Å². The maximum atomic E-state index is 11.7. The molecule has 1 aromatic heterocycles. The summed E-state index contributed by atoms with van der Waals surface area (Å²) in [6.45, 7) is 6.49. The SMILES string of the molecule is CC(=O)[C@@H](N)CSSCCC(=O)NCCOCCOCCn1cc(C)nn1. The Labute approximate surface area is 167 Å². The molecule has 0 aromatic carbocycles. The first-order valence-electron chi connectivity index (χ1n) is 8.78. The number of aromatic nitrogens is 3. The highest BCUT2D eigenvalue weighted by atomic mass is 33.1. The number of carbonyl (C=O) groups excluding carboxylic acids is 2. The molecule has 0 aliphatic rings. The summed E-state index contributed by atoms with van der Waals surface area (Å²) in [5.41, 5.74) is 6.51. The summed E-state index contributed by atoms with van der Waals surface area (Å²) in [5.74, 6) is 1.22. The van der Waals surface area contributed by atoms with Crippen LogP contribution in [0.4, 0.5) is 0 Å². The fraction of sp³-hybridized carbons (Fsp3) is 0.750. The van der Waals surface area contributed by atoms with E-state index in [9.17, 15) is 9.59 Å². The Morgan fingerprint density at radius 2 is 2.00 bits per heavy atom. The van der Waals surface area contributed by atoms with E-state index >= 15 is 0 Å². The Hall–Kier alpha value is -1.14. The van der Waals surface area contributed by atoms with Crippen LogP contribution in [0.25, 0.3) is 0 Å². The number of aryl methyl sites for hydroxylation is 1. The Bertz CT molecular complexity index is 559. The van der Waals surface area contributed by atoms with Crippen molar-refractivity contribution < 1.29 is 19.1 Å². The summed E-state index contributed by atoms with van der Waals surface area (Å²) in [6, 6.07) is -0.427. The number of ketones is 1. The van der Waals surface area contributed by atoms with Crippen molar-refractivity contribution in [3.05, 3.63) is 11.9 Å². The van der Waals surface area contributed by atoms with Crippen molar-refractivity contribution in [2.75, 3.05) is 44.5 Å². The minimum absolute atomic E-state index is 0.0121. The molecule has 0 aliphatic carbocycles. The fourth-order valence-electron chi connectivity index (χ4n) is 1.77. The third-order valence-electron chi connectivity index (χ3n) is 3.32. The Morgan fingerprint density at radius 1 is 1.26 bits per heavy atom. The summed E-state index contributed by atoms with van der Waals surface area (Å²) >= 11 is 0. The van der Waals surface area contributed by atoms with Crippen molar-refractivity contribution in [2.45, 2.75) is 32.9 Å². The molecular weight excluding hydrogens is 390 g/mol. The molecule has 0 bridgehead atoms. The van der Waals surface area contributed by atoms with Crippen LogP contribution < -0.4 is 11.1 Å². The third kappa shape index (κ3) is 12.8. The molecule has 1 atom stereocenters. The van der Waals surface area contributed by atoms with Crippen LogP contribution >= 0.6 is 21.6 Å². The Balaban J connectivity index is 1.83. The molecule has 1 aromatic rings. The first kappa shape index (κ1) is 23.9. The zero-order valence-electron chi connectivity index (χ0n) is 15.9. The molecule has 0 saturated heterocycles. The largest absolute Gasteiger partial charge is 0.377 e. The van der Waals surface area contributed by atoms with Crippen LogP contribution in [0.5, 0.6) is 0 Å². The second kappa shape index (κ2) is 14.9. The van der Waals surface area contributed by atoms with E-state index in [4.69, 9.17) is 15.2 Å². The first-order valence-corrected chi connectivity index (χ1v) is 11.3. The van der Waals surface area contributed by atoms with Gasteiger partial charge in [0.1, 0.15) is 5.78 Å². The zero-order chi connectivity index (χ0) is 19.9. The molecule has 1 amide bonds. The van der Waals surface area contributed by atoms with Gasteiger partial charge in [0.05, 0.1) is 44.7 Å². The molecule has 1 rings (SSSR count). The molecule has 0 saturated carbocycles. The number of hydrogen-bond donors (Lipinski definition) is 2. The quantitative estimate of drug-likeness (QED) is 0.290. The van der Waals surface area contributed by atoms with E-state index in [0.717, 1.165) is 5.69 Å². The molecule has 3 N–H and O–H groups in total. The van der Waals surface area contributed by atoms with Gasteiger partial charge in [-0.3, -0.25) is 9.59 Å². The summed E-state index contributed by atoms with van der Waals surface area (Å²) in [7, 11) is 3.06. The van der Waals surface area contributed by atoms with Gasteiger partial charge in [-0.2, -0.15) is 0 Å². The second-order valence-corrected chi connectivity index (χ2v) is 8.40. The lowest BCUT2D eigenvalue weighted by atomic mass is 10.3. The first-order chi connectivity index (χ1) is 13.0.